The first-order chi connectivity index (χ1) is 11.5. The minimum absolute atomic E-state index is 0.121. The van der Waals surface area contributed by atoms with Crippen molar-refractivity contribution in [2.45, 2.75) is 26.8 Å². The molecular formula is C17H23N3O3S. The number of hydroxylamine groups is 2. The second-order valence-electron chi connectivity index (χ2n) is 5.45. The average Bonchev–Trinajstić information content (AvgIpc) is 3.00. The average molecular weight is 349 g/mol. The molecule has 0 radical (unpaired) electrons. The molecule has 0 bridgehead atoms. The van der Waals surface area contributed by atoms with Gasteiger partial charge in [0.15, 0.2) is 0 Å². The van der Waals surface area contributed by atoms with Gasteiger partial charge in [0.25, 0.3) is 0 Å². The smallest absolute Gasteiger partial charge is 0.348 e. The van der Waals surface area contributed by atoms with E-state index in [-0.39, 0.29) is 6.54 Å². The van der Waals surface area contributed by atoms with Crippen molar-refractivity contribution in [3.05, 3.63) is 35.2 Å². The number of primary amides is 1. The number of likely N-dealkylation sites (N-methyl/N-ethyl adjacent to an activating group) is 1. The molecule has 1 unspecified atom stereocenters. The molecule has 1 heterocycles. The Morgan fingerprint density at radius 1 is 1.25 bits per heavy atom. The Morgan fingerprint density at radius 2 is 1.92 bits per heavy atom. The molecule has 1 aromatic carbocycles. The normalized spacial score (nSPS) is 12.3. The highest BCUT2D eigenvalue weighted by Crippen LogP contribution is 2.32. The Kier molecular flexibility index (Phi) is 6.16. The first-order valence-corrected chi connectivity index (χ1v) is 8.78. The predicted octanol–water partition coefficient (Wildman–Crippen LogP) is 3.14. The molecule has 24 heavy (non-hydrogen) atoms. The van der Waals surface area contributed by atoms with Crippen LogP contribution in [0, 0.1) is 0 Å². The first kappa shape index (κ1) is 18.2. The summed E-state index contributed by atoms with van der Waals surface area (Å²) >= 11 is 1.55. The van der Waals surface area contributed by atoms with Crippen molar-refractivity contribution in [1.82, 2.24) is 9.96 Å². The van der Waals surface area contributed by atoms with Gasteiger partial charge >= 0.3 is 12.0 Å². The lowest BCUT2D eigenvalue weighted by atomic mass is 10.2. The Morgan fingerprint density at radius 3 is 2.50 bits per heavy atom. The van der Waals surface area contributed by atoms with E-state index in [1.165, 1.54) is 0 Å². The molecule has 2 rings (SSSR count). The lowest BCUT2D eigenvalue weighted by Gasteiger charge is -2.26. The van der Waals surface area contributed by atoms with Crippen LogP contribution in [0.1, 0.15) is 31.7 Å². The SMILES string of the molecule is CCN(CC)CC(=O)ON(C(N)=O)C(C)c1cc2ccccc2s1. The fraction of sp³-hybridized carbons (Fsp3) is 0.412. The van der Waals surface area contributed by atoms with Gasteiger partial charge in [-0.2, -0.15) is 0 Å². The van der Waals surface area contributed by atoms with Crippen LogP contribution in [0.5, 0.6) is 0 Å². The largest absolute Gasteiger partial charge is 0.349 e. The molecule has 0 aliphatic heterocycles. The quantitative estimate of drug-likeness (QED) is 0.813. The summed E-state index contributed by atoms with van der Waals surface area (Å²) in [6.45, 7) is 7.29. The number of thiophene rings is 1. The summed E-state index contributed by atoms with van der Waals surface area (Å²) in [5.74, 6) is -0.495. The predicted molar refractivity (Wildman–Crippen MR) is 95.5 cm³/mol. The van der Waals surface area contributed by atoms with E-state index in [2.05, 4.69) is 0 Å². The highest BCUT2D eigenvalue weighted by molar-refractivity contribution is 7.19. The summed E-state index contributed by atoms with van der Waals surface area (Å²) in [5, 5.41) is 2.04. The molecule has 0 aliphatic carbocycles. The van der Waals surface area contributed by atoms with Crippen LogP contribution in [0.4, 0.5) is 4.79 Å². The summed E-state index contributed by atoms with van der Waals surface area (Å²) in [4.78, 5) is 31.9. The maximum absolute atomic E-state index is 12.1. The van der Waals surface area contributed by atoms with Gasteiger partial charge < -0.3 is 10.6 Å². The van der Waals surface area contributed by atoms with E-state index in [9.17, 15) is 9.59 Å². The van der Waals surface area contributed by atoms with E-state index in [1.807, 2.05) is 49.1 Å². The molecule has 1 aromatic heterocycles. The summed E-state index contributed by atoms with van der Waals surface area (Å²) in [6, 6.07) is 8.69. The van der Waals surface area contributed by atoms with Crippen LogP contribution in [0.3, 0.4) is 0 Å². The van der Waals surface area contributed by atoms with Gasteiger partial charge in [0, 0.05) is 9.58 Å². The van der Waals surface area contributed by atoms with Crippen LogP contribution in [0.2, 0.25) is 0 Å². The van der Waals surface area contributed by atoms with E-state index < -0.39 is 18.0 Å². The maximum Gasteiger partial charge on any atom is 0.348 e. The number of fused-ring (bicyclic) bond motifs is 1. The van der Waals surface area contributed by atoms with E-state index in [0.717, 1.165) is 33.1 Å². The minimum atomic E-state index is -0.784. The van der Waals surface area contributed by atoms with Crippen molar-refractivity contribution in [2.75, 3.05) is 19.6 Å². The van der Waals surface area contributed by atoms with E-state index in [4.69, 9.17) is 10.6 Å². The highest BCUT2D eigenvalue weighted by atomic mass is 32.1. The molecule has 7 heteroatoms. The van der Waals surface area contributed by atoms with Crippen molar-refractivity contribution < 1.29 is 14.4 Å². The molecule has 0 aliphatic rings. The van der Waals surface area contributed by atoms with Gasteiger partial charge in [0.1, 0.15) is 6.04 Å². The molecule has 0 spiro atoms. The molecule has 0 saturated carbocycles. The number of amides is 2. The molecule has 2 amide bonds. The Labute approximate surface area is 145 Å². The molecule has 0 fully saturated rings. The van der Waals surface area contributed by atoms with Gasteiger partial charge in [0.05, 0.1) is 6.54 Å². The number of rotatable bonds is 6. The summed E-state index contributed by atoms with van der Waals surface area (Å²) < 4.78 is 1.11. The molecular weight excluding hydrogens is 326 g/mol. The molecule has 130 valence electrons. The number of hydrogen-bond donors (Lipinski definition) is 1. The van der Waals surface area contributed by atoms with Crippen LogP contribution in [0.25, 0.3) is 10.1 Å². The number of carbonyl (C=O) groups is 2. The third-order valence-electron chi connectivity index (χ3n) is 3.87. The summed E-state index contributed by atoms with van der Waals surface area (Å²) in [5.41, 5.74) is 5.41. The van der Waals surface area contributed by atoms with Crippen LogP contribution in [-0.2, 0) is 9.63 Å². The number of nitrogens with two attached hydrogens (primary N) is 1. The molecule has 6 nitrogen and oxygen atoms in total. The maximum atomic E-state index is 12.1. The third kappa shape index (κ3) is 4.24. The molecule has 0 saturated heterocycles. The topological polar surface area (TPSA) is 75.9 Å². The monoisotopic (exact) mass is 349 g/mol. The van der Waals surface area contributed by atoms with Gasteiger partial charge in [0.2, 0.25) is 0 Å². The Balaban J connectivity index is 2.14. The molecule has 1 atom stereocenters. The van der Waals surface area contributed by atoms with Crippen LogP contribution in [0.15, 0.2) is 30.3 Å². The Hall–Kier alpha value is -2.12. The molecule has 2 N–H and O–H groups in total. The summed E-state index contributed by atoms with van der Waals surface area (Å²) in [6.07, 6.45) is 0. The van der Waals surface area contributed by atoms with Crippen molar-refractivity contribution in [3.8, 4) is 0 Å². The zero-order valence-electron chi connectivity index (χ0n) is 14.2. The third-order valence-corrected chi connectivity index (χ3v) is 5.16. The lowest BCUT2D eigenvalue weighted by Crippen LogP contribution is -2.42. The van der Waals surface area contributed by atoms with E-state index >= 15 is 0 Å². The van der Waals surface area contributed by atoms with Crippen LogP contribution in [-0.4, -0.2) is 41.6 Å². The first-order valence-electron chi connectivity index (χ1n) is 7.96. The number of benzene rings is 1. The fourth-order valence-corrected chi connectivity index (χ4v) is 3.50. The van der Waals surface area contributed by atoms with Crippen LogP contribution >= 0.6 is 11.3 Å². The van der Waals surface area contributed by atoms with Gasteiger partial charge in [-0.05, 0) is 37.5 Å². The second kappa shape index (κ2) is 8.12. The van der Waals surface area contributed by atoms with Gasteiger partial charge in [-0.25, -0.2) is 9.59 Å². The lowest BCUT2D eigenvalue weighted by molar-refractivity contribution is -0.184. The van der Waals surface area contributed by atoms with E-state index in [0.29, 0.717) is 0 Å². The van der Waals surface area contributed by atoms with Gasteiger partial charge in [-0.15, -0.1) is 16.4 Å². The van der Waals surface area contributed by atoms with Crippen LogP contribution < -0.4 is 5.73 Å². The van der Waals surface area contributed by atoms with Crippen molar-refractivity contribution in [2.24, 2.45) is 5.73 Å². The standard InChI is InChI=1S/C17H23N3O3S/c1-4-19(5-2)11-16(21)23-20(17(18)22)12(3)15-10-13-8-6-7-9-14(13)24-15/h6-10,12H,4-5,11H2,1-3H3,(H2,18,22). The highest BCUT2D eigenvalue weighted by Gasteiger charge is 2.26. The zero-order valence-corrected chi connectivity index (χ0v) is 15.0. The number of nitrogens with zero attached hydrogens (tertiary/aromatic N) is 2. The van der Waals surface area contributed by atoms with Crippen molar-refractivity contribution >= 4 is 33.4 Å². The van der Waals surface area contributed by atoms with Crippen molar-refractivity contribution in [1.29, 1.82) is 0 Å². The van der Waals surface area contributed by atoms with Gasteiger partial charge in [-0.1, -0.05) is 32.0 Å². The van der Waals surface area contributed by atoms with E-state index in [1.54, 1.807) is 18.3 Å². The number of hydrogen-bond acceptors (Lipinski definition) is 5. The second-order valence-corrected chi connectivity index (χ2v) is 6.57. The number of urea groups is 1. The molecule has 2 aromatic rings. The van der Waals surface area contributed by atoms with Gasteiger partial charge in [-0.3, -0.25) is 4.90 Å². The Bertz CT molecular complexity index is 679. The zero-order chi connectivity index (χ0) is 17.7. The van der Waals surface area contributed by atoms with Crippen molar-refractivity contribution in [3.63, 3.8) is 0 Å². The summed E-state index contributed by atoms with van der Waals surface area (Å²) in [7, 11) is 0. The fourth-order valence-electron chi connectivity index (χ4n) is 2.41. The number of carbonyl (C=O) groups excluding carboxylic acids is 2. The minimum Gasteiger partial charge on any atom is -0.349 e.